The van der Waals surface area contributed by atoms with Crippen LogP contribution < -0.4 is 15.0 Å². The Morgan fingerprint density at radius 2 is 1.59 bits per heavy atom. The molecule has 0 fully saturated rings. The normalized spacial score (nSPS) is 11.7. The van der Waals surface area contributed by atoms with Crippen LogP contribution in [0.4, 0.5) is 0 Å². The Morgan fingerprint density at radius 3 is 2.26 bits per heavy atom. The van der Waals surface area contributed by atoms with E-state index >= 15 is 0 Å². The van der Waals surface area contributed by atoms with Crippen LogP contribution in [-0.2, 0) is 9.47 Å². The minimum atomic E-state index is -1.05. The van der Waals surface area contributed by atoms with E-state index in [0.29, 0.717) is 76.2 Å². The van der Waals surface area contributed by atoms with E-state index in [1.54, 1.807) is 56.7 Å². The summed E-state index contributed by atoms with van der Waals surface area (Å²) in [5.74, 6) is -0.111. The summed E-state index contributed by atoms with van der Waals surface area (Å²) in [6, 6.07) is 11.8. The molecule has 0 saturated carbocycles. The van der Waals surface area contributed by atoms with Crippen molar-refractivity contribution in [1.82, 2.24) is 9.38 Å². The topological polar surface area (TPSA) is 109 Å². The summed E-state index contributed by atoms with van der Waals surface area (Å²) in [7, 11) is 3.17. The summed E-state index contributed by atoms with van der Waals surface area (Å²) < 4.78 is 23.4. The molecule has 0 aliphatic heterocycles. The lowest BCUT2D eigenvalue weighted by Crippen LogP contribution is -2.14. The highest BCUT2D eigenvalue weighted by Gasteiger charge is 2.21. The lowest BCUT2D eigenvalue weighted by Gasteiger charge is -2.13. The fourth-order valence-corrected chi connectivity index (χ4v) is 4.25. The van der Waals surface area contributed by atoms with E-state index in [4.69, 9.17) is 23.9 Å². The molecule has 0 amide bonds. The molecule has 0 unspecified atom stereocenters. The quantitative estimate of drug-likeness (QED) is 0.332. The largest absolute Gasteiger partial charge is 0.487 e. The number of imidazole rings is 1. The van der Waals surface area contributed by atoms with Crippen LogP contribution in [0.3, 0.4) is 0 Å². The summed E-state index contributed by atoms with van der Waals surface area (Å²) in [4.78, 5) is 30.1. The fraction of sp³-hybridized carbons (Fsp3) is 0.240. The van der Waals surface area contributed by atoms with Crippen molar-refractivity contribution in [2.24, 2.45) is 0 Å². The first-order valence-electron chi connectivity index (χ1n) is 10.7. The van der Waals surface area contributed by atoms with E-state index in [9.17, 15) is 14.7 Å². The smallest absolute Gasteiger partial charge is 0.336 e. The van der Waals surface area contributed by atoms with Gasteiger partial charge in [0.15, 0.2) is 11.5 Å². The van der Waals surface area contributed by atoms with Gasteiger partial charge in [0.05, 0.1) is 29.8 Å². The van der Waals surface area contributed by atoms with Crippen molar-refractivity contribution in [3.8, 4) is 11.5 Å². The highest BCUT2D eigenvalue weighted by molar-refractivity contribution is 6.20. The number of carboxylic acid groups (broad SMARTS) is 1. The summed E-state index contributed by atoms with van der Waals surface area (Å²) >= 11 is 0. The zero-order chi connectivity index (χ0) is 23.8. The van der Waals surface area contributed by atoms with Gasteiger partial charge in [-0.1, -0.05) is 12.1 Å². The van der Waals surface area contributed by atoms with Crippen LogP contribution in [0, 0.1) is 0 Å². The summed E-state index contributed by atoms with van der Waals surface area (Å²) in [6.45, 7) is 1.41. The minimum absolute atomic E-state index is 0.139. The van der Waals surface area contributed by atoms with Crippen LogP contribution in [0.15, 0.2) is 47.3 Å². The maximum atomic E-state index is 13.6. The van der Waals surface area contributed by atoms with E-state index in [2.05, 4.69) is 0 Å². The number of hydrogen-bond acceptors (Lipinski definition) is 7. The van der Waals surface area contributed by atoms with Crippen molar-refractivity contribution in [3.63, 3.8) is 0 Å². The van der Waals surface area contributed by atoms with Gasteiger partial charge in [0.2, 0.25) is 0 Å². The number of pyridine rings is 1. The molecular formula is C25H22N2O7. The Balaban J connectivity index is 1.80. The SMILES string of the molecule is COCCOc1cc2nc3c4ccc(C(=O)O)c5cccc(c(=O)n3c2cc1OCCOC)c54. The van der Waals surface area contributed by atoms with Crippen molar-refractivity contribution in [2.45, 2.75) is 0 Å². The van der Waals surface area contributed by atoms with Crippen molar-refractivity contribution in [1.29, 1.82) is 0 Å². The summed E-state index contributed by atoms with van der Waals surface area (Å²) in [5, 5.41) is 11.8. The number of fused-ring (bicyclic) bond motifs is 4. The van der Waals surface area contributed by atoms with Gasteiger partial charge in [-0.3, -0.25) is 9.20 Å². The van der Waals surface area contributed by atoms with Gasteiger partial charge in [0.25, 0.3) is 5.56 Å². The third kappa shape index (κ3) is 3.46. The van der Waals surface area contributed by atoms with Gasteiger partial charge in [-0.15, -0.1) is 0 Å². The molecule has 5 rings (SSSR count). The predicted octanol–water partition coefficient (Wildman–Crippen LogP) is 3.34. The molecule has 9 nitrogen and oxygen atoms in total. The van der Waals surface area contributed by atoms with Crippen LogP contribution in [0.25, 0.3) is 38.2 Å². The van der Waals surface area contributed by atoms with E-state index in [1.165, 1.54) is 4.40 Å². The lowest BCUT2D eigenvalue weighted by molar-refractivity contribution is 0.0699. The molecule has 3 aromatic carbocycles. The molecule has 174 valence electrons. The van der Waals surface area contributed by atoms with Gasteiger partial charge in [-0.05, 0) is 23.6 Å². The van der Waals surface area contributed by atoms with E-state index in [1.807, 2.05) is 0 Å². The second-order valence-corrected chi connectivity index (χ2v) is 7.74. The second-order valence-electron chi connectivity index (χ2n) is 7.74. The molecule has 2 heterocycles. The number of aromatic nitrogens is 2. The first-order valence-corrected chi connectivity index (χ1v) is 10.7. The maximum absolute atomic E-state index is 13.6. The van der Waals surface area contributed by atoms with Gasteiger partial charge < -0.3 is 24.1 Å². The molecule has 0 bridgehead atoms. The number of ether oxygens (including phenoxy) is 4. The van der Waals surface area contributed by atoms with Crippen molar-refractivity contribution < 1.29 is 28.8 Å². The number of methoxy groups -OCH3 is 2. The third-order valence-electron chi connectivity index (χ3n) is 5.76. The fourth-order valence-electron chi connectivity index (χ4n) is 4.25. The van der Waals surface area contributed by atoms with Gasteiger partial charge in [0.1, 0.15) is 18.9 Å². The Kier molecular flexibility index (Phi) is 5.64. The first kappa shape index (κ1) is 21.9. The molecule has 0 aliphatic rings. The average Bonchev–Trinajstić information content (AvgIpc) is 3.21. The Morgan fingerprint density at radius 1 is 0.912 bits per heavy atom. The highest BCUT2D eigenvalue weighted by atomic mass is 16.5. The van der Waals surface area contributed by atoms with Gasteiger partial charge in [0, 0.05) is 42.5 Å². The van der Waals surface area contributed by atoms with Crippen molar-refractivity contribution in [2.75, 3.05) is 40.6 Å². The predicted molar refractivity (Wildman–Crippen MR) is 127 cm³/mol. The van der Waals surface area contributed by atoms with Crippen LogP contribution in [0.1, 0.15) is 10.4 Å². The Labute approximate surface area is 193 Å². The summed E-state index contributed by atoms with van der Waals surface area (Å²) in [6.07, 6.45) is 0. The zero-order valence-corrected chi connectivity index (χ0v) is 18.7. The molecule has 0 saturated heterocycles. The average molecular weight is 462 g/mol. The molecule has 34 heavy (non-hydrogen) atoms. The highest BCUT2D eigenvalue weighted by Crippen LogP contribution is 2.36. The van der Waals surface area contributed by atoms with Gasteiger partial charge in [-0.2, -0.15) is 0 Å². The summed E-state index contributed by atoms with van der Waals surface area (Å²) in [5.41, 5.74) is 1.42. The molecule has 0 spiro atoms. The standard InChI is InChI=1S/C25H22N2O7/c1-31-8-10-33-20-12-18-19(13-21(20)34-11-9-32-2)27-23(26-18)16-7-6-15(25(29)30)14-4-3-5-17(22(14)16)24(27)28/h3-7,12-13H,8-11H2,1-2H3,(H,29,30). The number of benzene rings is 3. The number of aromatic carboxylic acids is 1. The Hall–Kier alpha value is -3.95. The maximum Gasteiger partial charge on any atom is 0.336 e. The second kappa shape index (κ2) is 8.77. The van der Waals surface area contributed by atoms with E-state index in [-0.39, 0.29) is 11.1 Å². The molecule has 0 aliphatic carbocycles. The molecule has 5 aromatic rings. The molecular weight excluding hydrogens is 440 g/mol. The monoisotopic (exact) mass is 462 g/mol. The molecule has 2 aromatic heterocycles. The Bertz CT molecular complexity index is 1590. The van der Waals surface area contributed by atoms with Crippen LogP contribution >= 0.6 is 0 Å². The van der Waals surface area contributed by atoms with Crippen LogP contribution in [0.2, 0.25) is 0 Å². The molecule has 0 radical (unpaired) electrons. The number of rotatable bonds is 9. The van der Waals surface area contributed by atoms with Crippen LogP contribution in [-0.4, -0.2) is 61.1 Å². The number of nitrogens with zero attached hydrogens (tertiary/aromatic N) is 2. The first-order chi connectivity index (χ1) is 16.5. The van der Waals surface area contributed by atoms with Gasteiger partial charge >= 0.3 is 5.97 Å². The zero-order valence-electron chi connectivity index (χ0n) is 18.7. The molecule has 9 heteroatoms. The number of carbonyl (C=O) groups is 1. The van der Waals surface area contributed by atoms with E-state index < -0.39 is 5.97 Å². The van der Waals surface area contributed by atoms with Gasteiger partial charge in [-0.25, -0.2) is 9.78 Å². The molecule has 0 atom stereocenters. The number of carboxylic acids is 1. The molecule has 1 N–H and O–H groups in total. The van der Waals surface area contributed by atoms with E-state index in [0.717, 1.165) is 0 Å². The third-order valence-corrected chi connectivity index (χ3v) is 5.76. The lowest BCUT2D eigenvalue weighted by atomic mass is 9.98. The number of hydrogen-bond donors (Lipinski definition) is 1. The minimum Gasteiger partial charge on any atom is -0.487 e. The van der Waals surface area contributed by atoms with Crippen LogP contribution in [0.5, 0.6) is 11.5 Å². The van der Waals surface area contributed by atoms with Crippen molar-refractivity contribution in [3.05, 3.63) is 58.4 Å². The van der Waals surface area contributed by atoms with Crippen molar-refractivity contribution >= 4 is 44.2 Å².